The fourth-order valence-corrected chi connectivity index (χ4v) is 4.47. The minimum atomic E-state index is -3.51. The van der Waals surface area contributed by atoms with Crippen LogP contribution in [0.15, 0.2) is 60.0 Å². The Labute approximate surface area is 171 Å². The number of hydrogen-bond acceptors (Lipinski definition) is 5. The first kappa shape index (κ1) is 21.1. The van der Waals surface area contributed by atoms with Crippen molar-refractivity contribution in [3.05, 3.63) is 71.1 Å². The third-order valence-corrected chi connectivity index (χ3v) is 6.51. The van der Waals surface area contributed by atoms with Crippen LogP contribution in [0.3, 0.4) is 0 Å². The summed E-state index contributed by atoms with van der Waals surface area (Å²) in [5.74, 6) is 0.0773. The number of carbonyl (C=O) groups is 1. The van der Waals surface area contributed by atoms with Gasteiger partial charge in [0.15, 0.2) is 0 Å². The SMILES string of the molecule is COc1ccccc1COC(=O)C1CCN(S(=O)(=O)/C=C/c2ccccc2)CC1. The van der Waals surface area contributed by atoms with Gasteiger partial charge in [-0.25, -0.2) is 8.42 Å². The van der Waals surface area contributed by atoms with E-state index in [0.29, 0.717) is 31.7 Å². The van der Waals surface area contributed by atoms with Crippen LogP contribution in [0.2, 0.25) is 0 Å². The van der Waals surface area contributed by atoms with Crippen LogP contribution < -0.4 is 4.74 Å². The number of para-hydroxylation sites is 1. The predicted octanol–water partition coefficient (Wildman–Crippen LogP) is 3.45. The van der Waals surface area contributed by atoms with Gasteiger partial charge in [-0.2, -0.15) is 4.31 Å². The van der Waals surface area contributed by atoms with E-state index in [1.807, 2.05) is 54.6 Å². The normalized spacial score (nSPS) is 16.0. The molecule has 0 saturated carbocycles. The van der Waals surface area contributed by atoms with E-state index in [-0.39, 0.29) is 18.5 Å². The number of piperidine rings is 1. The summed E-state index contributed by atoms with van der Waals surface area (Å²) in [5, 5.41) is 1.22. The van der Waals surface area contributed by atoms with E-state index in [1.165, 1.54) is 9.71 Å². The van der Waals surface area contributed by atoms with E-state index < -0.39 is 10.0 Å². The number of rotatable bonds is 7. The molecule has 0 aromatic heterocycles. The first-order valence-electron chi connectivity index (χ1n) is 9.51. The van der Waals surface area contributed by atoms with Crippen LogP contribution in [-0.2, 0) is 26.2 Å². The Morgan fingerprint density at radius 1 is 1.07 bits per heavy atom. The highest BCUT2D eigenvalue weighted by molar-refractivity contribution is 7.92. The van der Waals surface area contributed by atoms with E-state index in [0.717, 1.165) is 11.1 Å². The zero-order valence-corrected chi connectivity index (χ0v) is 17.2. The van der Waals surface area contributed by atoms with Gasteiger partial charge in [-0.3, -0.25) is 4.79 Å². The third kappa shape index (κ3) is 5.68. The third-order valence-electron chi connectivity index (χ3n) is 4.94. The number of benzene rings is 2. The van der Waals surface area contributed by atoms with E-state index in [1.54, 1.807) is 13.2 Å². The summed E-state index contributed by atoms with van der Waals surface area (Å²) in [4.78, 5) is 12.4. The van der Waals surface area contributed by atoms with Crippen molar-refractivity contribution in [3.8, 4) is 5.75 Å². The number of sulfonamides is 1. The number of ether oxygens (including phenoxy) is 2. The van der Waals surface area contributed by atoms with E-state index in [2.05, 4.69) is 0 Å². The Morgan fingerprint density at radius 3 is 2.41 bits per heavy atom. The van der Waals surface area contributed by atoms with Gasteiger partial charge in [-0.1, -0.05) is 48.5 Å². The molecule has 1 fully saturated rings. The average Bonchev–Trinajstić information content (AvgIpc) is 2.77. The second-order valence-electron chi connectivity index (χ2n) is 6.85. The van der Waals surface area contributed by atoms with Gasteiger partial charge in [0.25, 0.3) is 0 Å². The summed E-state index contributed by atoms with van der Waals surface area (Å²) in [6.45, 7) is 0.743. The van der Waals surface area contributed by atoms with Crippen molar-refractivity contribution in [3.63, 3.8) is 0 Å². The molecule has 0 radical (unpaired) electrons. The van der Waals surface area contributed by atoms with Crippen molar-refractivity contribution in [2.75, 3.05) is 20.2 Å². The molecule has 29 heavy (non-hydrogen) atoms. The molecule has 0 atom stereocenters. The highest BCUT2D eigenvalue weighted by Gasteiger charge is 2.30. The molecule has 0 bridgehead atoms. The quantitative estimate of drug-likeness (QED) is 0.648. The van der Waals surface area contributed by atoms with Crippen molar-refractivity contribution in [2.24, 2.45) is 5.92 Å². The molecule has 1 aliphatic heterocycles. The maximum absolute atomic E-state index is 12.5. The monoisotopic (exact) mass is 415 g/mol. The molecule has 7 heteroatoms. The summed E-state index contributed by atoms with van der Waals surface area (Å²) in [5.41, 5.74) is 1.63. The first-order valence-corrected chi connectivity index (χ1v) is 11.0. The van der Waals surface area contributed by atoms with Crippen LogP contribution in [-0.4, -0.2) is 38.9 Å². The van der Waals surface area contributed by atoms with Crippen molar-refractivity contribution >= 4 is 22.1 Å². The molecule has 1 heterocycles. The Balaban J connectivity index is 1.51. The van der Waals surface area contributed by atoms with Crippen molar-refractivity contribution in [1.82, 2.24) is 4.31 Å². The van der Waals surface area contributed by atoms with Gasteiger partial charge in [0.05, 0.1) is 13.0 Å². The zero-order valence-electron chi connectivity index (χ0n) is 16.4. The second-order valence-corrected chi connectivity index (χ2v) is 8.67. The van der Waals surface area contributed by atoms with E-state index in [9.17, 15) is 13.2 Å². The molecule has 0 unspecified atom stereocenters. The summed E-state index contributed by atoms with van der Waals surface area (Å²) in [6, 6.07) is 16.7. The summed E-state index contributed by atoms with van der Waals surface area (Å²) in [7, 11) is -1.94. The lowest BCUT2D eigenvalue weighted by molar-refractivity contribution is -0.151. The standard InChI is InChI=1S/C22H25NO5S/c1-27-21-10-6-5-9-20(21)17-28-22(24)19-11-14-23(15-12-19)29(25,26)16-13-18-7-3-2-4-8-18/h2-10,13,16,19H,11-12,14-15,17H2,1H3/b16-13+. The van der Waals surface area contributed by atoms with E-state index in [4.69, 9.17) is 9.47 Å². The average molecular weight is 416 g/mol. The van der Waals surface area contributed by atoms with Crippen LogP contribution in [0.4, 0.5) is 0 Å². The van der Waals surface area contributed by atoms with Gasteiger partial charge in [0.1, 0.15) is 12.4 Å². The van der Waals surface area contributed by atoms with Gasteiger partial charge in [-0.15, -0.1) is 0 Å². The Kier molecular flexibility index (Phi) is 7.06. The molecule has 2 aromatic rings. The Hall–Kier alpha value is -2.64. The summed E-state index contributed by atoms with van der Waals surface area (Å²) in [6.07, 6.45) is 2.48. The zero-order chi connectivity index (χ0) is 20.7. The number of esters is 1. The lowest BCUT2D eigenvalue weighted by Gasteiger charge is -2.29. The number of methoxy groups -OCH3 is 1. The highest BCUT2D eigenvalue weighted by Crippen LogP contribution is 2.24. The molecule has 6 nitrogen and oxygen atoms in total. The molecule has 3 rings (SSSR count). The van der Waals surface area contributed by atoms with Crippen molar-refractivity contribution in [2.45, 2.75) is 19.4 Å². The molecule has 154 valence electrons. The molecule has 2 aromatic carbocycles. The molecule has 1 aliphatic rings. The van der Waals surface area contributed by atoms with Gasteiger partial charge < -0.3 is 9.47 Å². The molecular formula is C22H25NO5S. The fraction of sp³-hybridized carbons (Fsp3) is 0.318. The number of hydrogen-bond donors (Lipinski definition) is 0. The van der Waals surface area contributed by atoms with Crippen molar-refractivity contribution in [1.29, 1.82) is 0 Å². The molecule has 0 aliphatic carbocycles. The van der Waals surface area contributed by atoms with E-state index >= 15 is 0 Å². The van der Waals surface area contributed by atoms with Gasteiger partial charge >= 0.3 is 5.97 Å². The smallest absolute Gasteiger partial charge is 0.309 e. The maximum Gasteiger partial charge on any atom is 0.309 e. The minimum absolute atomic E-state index is 0.140. The minimum Gasteiger partial charge on any atom is -0.496 e. The fourth-order valence-electron chi connectivity index (χ4n) is 3.25. The molecule has 1 saturated heterocycles. The Morgan fingerprint density at radius 2 is 1.72 bits per heavy atom. The summed E-state index contributed by atoms with van der Waals surface area (Å²) >= 11 is 0. The van der Waals surface area contributed by atoms with Crippen LogP contribution in [0.5, 0.6) is 5.75 Å². The second kappa shape index (κ2) is 9.71. The molecule has 0 amide bonds. The van der Waals surface area contributed by atoms with Crippen LogP contribution in [0.1, 0.15) is 24.0 Å². The largest absolute Gasteiger partial charge is 0.496 e. The van der Waals surface area contributed by atoms with Crippen LogP contribution in [0.25, 0.3) is 6.08 Å². The lowest BCUT2D eigenvalue weighted by Crippen LogP contribution is -2.39. The Bertz CT molecular complexity index is 948. The number of nitrogens with zero attached hydrogens (tertiary/aromatic N) is 1. The summed E-state index contributed by atoms with van der Waals surface area (Å²) < 4.78 is 37.2. The van der Waals surface area contributed by atoms with Crippen molar-refractivity contribution < 1.29 is 22.7 Å². The molecule has 0 spiro atoms. The molecular weight excluding hydrogens is 390 g/mol. The van der Waals surface area contributed by atoms with Crippen LogP contribution in [0, 0.1) is 5.92 Å². The lowest BCUT2D eigenvalue weighted by atomic mass is 9.98. The predicted molar refractivity (Wildman–Crippen MR) is 111 cm³/mol. The van der Waals surface area contributed by atoms with Gasteiger partial charge in [-0.05, 0) is 30.5 Å². The maximum atomic E-state index is 12.5. The number of carbonyl (C=O) groups excluding carboxylic acids is 1. The topological polar surface area (TPSA) is 72.9 Å². The first-order chi connectivity index (χ1) is 14.0. The van der Waals surface area contributed by atoms with Gasteiger partial charge in [0, 0.05) is 24.1 Å². The highest BCUT2D eigenvalue weighted by atomic mass is 32.2. The van der Waals surface area contributed by atoms with Gasteiger partial charge in [0.2, 0.25) is 10.0 Å². The van der Waals surface area contributed by atoms with Crippen LogP contribution >= 0.6 is 0 Å². The molecule has 0 N–H and O–H groups in total.